The molecular weight excluding hydrogens is 162 g/mol. The number of β-amino-alcohol motifs (C(OH)–C–C–N with tert-alkyl or cyclic N) is 1. The van der Waals surface area contributed by atoms with E-state index in [0.717, 1.165) is 19.0 Å². The lowest BCUT2D eigenvalue weighted by molar-refractivity contribution is 0.0967. The van der Waals surface area contributed by atoms with Crippen LogP contribution in [0.15, 0.2) is 0 Å². The second-order valence-corrected chi connectivity index (χ2v) is 4.85. The minimum atomic E-state index is -0.0481. The van der Waals surface area contributed by atoms with E-state index in [0.29, 0.717) is 5.92 Å². The molecule has 76 valence electrons. The van der Waals surface area contributed by atoms with E-state index in [1.54, 1.807) is 0 Å². The van der Waals surface area contributed by atoms with Crippen LogP contribution in [0.4, 0.5) is 0 Å². The second-order valence-electron chi connectivity index (χ2n) is 4.85. The zero-order valence-electron chi connectivity index (χ0n) is 8.58. The Morgan fingerprint density at radius 1 is 1.08 bits per heavy atom. The maximum absolute atomic E-state index is 9.87. The zero-order valence-corrected chi connectivity index (χ0v) is 8.58. The molecule has 1 heterocycles. The number of aliphatic hydroxyl groups excluding tert-OH is 1. The molecule has 2 fully saturated rings. The number of likely N-dealkylation sites (tertiary alicyclic amines) is 1. The van der Waals surface area contributed by atoms with Gasteiger partial charge in [-0.3, -0.25) is 0 Å². The lowest BCUT2D eigenvalue weighted by atomic mass is 9.79. The van der Waals surface area contributed by atoms with Gasteiger partial charge in [0.05, 0.1) is 6.10 Å². The van der Waals surface area contributed by atoms with Crippen LogP contribution < -0.4 is 0 Å². The van der Waals surface area contributed by atoms with E-state index in [2.05, 4.69) is 11.9 Å². The van der Waals surface area contributed by atoms with E-state index in [9.17, 15) is 5.11 Å². The van der Waals surface area contributed by atoms with Gasteiger partial charge in [0.1, 0.15) is 0 Å². The topological polar surface area (TPSA) is 23.5 Å². The molecule has 2 aliphatic rings. The van der Waals surface area contributed by atoms with Crippen LogP contribution in [-0.2, 0) is 0 Å². The van der Waals surface area contributed by atoms with E-state index >= 15 is 0 Å². The van der Waals surface area contributed by atoms with Crippen molar-refractivity contribution < 1.29 is 5.11 Å². The molecule has 0 spiro atoms. The minimum Gasteiger partial charge on any atom is -0.391 e. The molecular formula is C11H21NO. The Labute approximate surface area is 80.9 Å². The second kappa shape index (κ2) is 3.97. The predicted molar refractivity (Wildman–Crippen MR) is 53.6 cm³/mol. The van der Waals surface area contributed by atoms with Crippen LogP contribution in [0.2, 0.25) is 0 Å². The highest BCUT2D eigenvalue weighted by Gasteiger charge is 2.35. The fraction of sp³-hybridized carbons (Fsp3) is 1.00. The molecule has 1 saturated heterocycles. The van der Waals surface area contributed by atoms with Crippen LogP contribution >= 0.6 is 0 Å². The van der Waals surface area contributed by atoms with Crippen LogP contribution in [0.3, 0.4) is 0 Å². The maximum Gasteiger partial charge on any atom is 0.0709 e. The molecule has 2 rings (SSSR count). The highest BCUT2D eigenvalue weighted by molar-refractivity contribution is 4.87. The normalized spacial score (nSPS) is 38.3. The first-order valence-corrected chi connectivity index (χ1v) is 5.64. The fourth-order valence-corrected chi connectivity index (χ4v) is 3.04. The van der Waals surface area contributed by atoms with Crippen molar-refractivity contribution in [1.82, 2.24) is 4.90 Å². The third kappa shape index (κ3) is 2.05. The summed E-state index contributed by atoms with van der Waals surface area (Å²) in [5, 5.41) is 9.87. The Hall–Kier alpha value is -0.0800. The van der Waals surface area contributed by atoms with Gasteiger partial charge in [-0.2, -0.15) is 0 Å². The van der Waals surface area contributed by atoms with Gasteiger partial charge in [0.2, 0.25) is 0 Å². The number of hydrogen-bond acceptors (Lipinski definition) is 2. The number of aliphatic hydroxyl groups is 1. The van der Waals surface area contributed by atoms with Crippen LogP contribution in [0.25, 0.3) is 0 Å². The van der Waals surface area contributed by atoms with Gasteiger partial charge in [0.15, 0.2) is 0 Å². The molecule has 13 heavy (non-hydrogen) atoms. The SMILES string of the molecule is CN1CC(O)C(C2CCCCC2)C1. The summed E-state index contributed by atoms with van der Waals surface area (Å²) >= 11 is 0. The highest BCUT2D eigenvalue weighted by atomic mass is 16.3. The van der Waals surface area contributed by atoms with Crippen LogP contribution in [0.5, 0.6) is 0 Å². The van der Waals surface area contributed by atoms with Crippen LogP contribution in [0, 0.1) is 11.8 Å². The van der Waals surface area contributed by atoms with Crippen molar-refractivity contribution in [3.05, 3.63) is 0 Å². The van der Waals surface area contributed by atoms with Crippen LogP contribution in [0.1, 0.15) is 32.1 Å². The molecule has 1 aliphatic carbocycles. The monoisotopic (exact) mass is 183 g/mol. The van der Waals surface area contributed by atoms with Crippen molar-refractivity contribution in [2.24, 2.45) is 11.8 Å². The summed E-state index contributed by atoms with van der Waals surface area (Å²) in [6.07, 6.45) is 6.85. The molecule has 0 amide bonds. The molecule has 2 heteroatoms. The fourth-order valence-electron chi connectivity index (χ4n) is 3.04. The summed E-state index contributed by atoms with van der Waals surface area (Å²) in [6, 6.07) is 0. The molecule has 0 radical (unpaired) electrons. The van der Waals surface area contributed by atoms with Gasteiger partial charge in [-0.1, -0.05) is 32.1 Å². The largest absolute Gasteiger partial charge is 0.391 e. The molecule has 0 bridgehead atoms. The van der Waals surface area contributed by atoms with Gasteiger partial charge >= 0.3 is 0 Å². The van der Waals surface area contributed by atoms with E-state index < -0.39 is 0 Å². The first-order valence-electron chi connectivity index (χ1n) is 5.64. The van der Waals surface area contributed by atoms with Crippen molar-refractivity contribution in [2.75, 3.05) is 20.1 Å². The third-order valence-electron chi connectivity index (χ3n) is 3.77. The summed E-state index contributed by atoms with van der Waals surface area (Å²) in [5.41, 5.74) is 0. The Morgan fingerprint density at radius 3 is 2.31 bits per heavy atom. The highest BCUT2D eigenvalue weighted by Crippen LogP contribution is 2.34. The molecule has 0 aromatic rings. The average molecular weight is 183 g/mol. The number of likely N-dealkylation sites (N-methyl/N-ethyl adjacent to an activating group) is 1. The van der Waals surface area contributed by atoms with Crippen molar-refractivity contribution in [2.45, 2.75) is 38.2 Å². The van der Waals surface area contributed by atoms with E-state index in [1.807, 2.05) is 0 Å². The predicted octanol–water partition coefficient (Wildman–Crippen LogP) is 1.49. The van der Waals surface area contributed by atoms with Crippen molar-refractivity contribution in [3.8, 4) is 0 Å². The number of hydrogen-bond donors (Lipinski definition) is 1. The zero-order chi connectivity index (χ0) is 9.26. The molecule has 1 aliphatic heterocycles. The summed E-state index contributed by atoms with van der Waals surface area (Å²) < 4.78 is 0. The molecule has 0 aromatic heterocycles. The lowest BCUT2D eigenvalue weighted by Gasteiger charge is -2.28. The summed E-state index contributed by atoms with van der Waals surface area (Å²) in [6.45, 7) is 2.01. The first kappa shape index (κ1) is 9.47. The Balaban J connectivity index is 1.91. The molecule has 2 atom stereocenters. The Morgan fingerprint density at radius 2 is 1.77 bits per heavy atom. The van der Waals surface area contributed by atoms with E-state index in [-0.39, 0.29) is 6.10 Å². The van der Waals surface area contributed by atoms with E-state index in [4.69, 9.17) is 0 Å². The number of rotatable bonds is 1. The van der Waals surface area contributed by atoms with Crippen molar-refractivity contribution in [3.63, 3.8) is 0 Å². The Kier molecular flexibility index (Phi) is 2.89. The van der Waals surface area contributed by atoms with Gasteiger partial charge in [-0.05, 0) is 13.0 Å². The van der Waals surface area contributed by atoms with Crippen molar-refractivity contribution >= 4 is 0 Å². The quantitative estimate of drug-likeness (QED) is 0.666. The van der Waals surface area contributed by atoms with Gasteiger partial charge in [-0.25, -0.2) is 0 Å². The standard InChI is InChI=1S/C11H21NO/c1-12-7-10(11(13)8-12)9-5-3-2-4-6-9/h9-11,13H,2-8H2,1H3. The molecule has 1 saturated carbocycles. The molecule has 1 N–H and O–H groups in total. The summed E-state index contributed by atoms with van der Waals surface area (Å²) in [5.74, 6) is 1.39. The van der Waals surface area contributed by atoms with Gasteiger partial charge < -0.3 is 10.0 Å². The average Bonchev–Trinajstić information content (AvgIpc) is 2.47. The van der Waals surface area contributed by atoms with Gasteiger partial charge in [0, 0.05) is 19.0 Å². The van der Waals surface area contributed by atoms with Gasteiger partial charge in [0.25, 0.3) is 0 Å². The smallest absolute Gasteiger partial charge is 0.0709 e. The minimum absolute atomic E-state index is 0.0481. The summed E-state index contributed by atoms with van der Waals surface area (Å²) in [7, 11) is 2.12. The van der Waals surface area contributed by atoms with E-state index in [1.165, 1.54) is 32.1 Å². The van der Waals surface area contributed by atoms with Crippen molar-refractivity contribution in [1.29, 1.82) is 0 Å². The summed E-state index contributed by atoms with van der Waals surface area (Å²) in [4.78, 5) is 2.27. The third-order valence-corrected chi connectivity index (χ3v) is 3.77. The molecule has 2 unspecified atom stereocenters. The van der Waals surface area contributed by atoms with Gasteiger partial charge in [-0.15, -0.1) is 0 Å². The maximum atomic E-state index is 9.87. The Bertz CT molecular complexity index is 165. The molecule has 0 aromatic carbocycles. The molecule has 2 nitrogen and oxygen atoms in total. The van der Waals surface area contributed by atoms with Crippen LogP contribution in [-0.4, -0.2) is 36.2 Å². The lowest BCUT2D eigenvalue weighted by Crippen LogP contribution is -2.27. The number of nitrogens with zero attached hydrogens (tertiary/aromatic N) is 1. The first-order chi connectivity index (χ1) is 6.27.